The second-order valence-corrected chi connectivity index (χ2v) is 18.2. The lowest BCUT2D eigenvalue weighted by Crippen LogP contribution is -2.51. The first kappa shape index (κ1) is 37.3. The van der Waals surface area contributed by atoms with E-state index in [1.54, 1.807) is 18.2 Å². The Morgan fingerprint density at radius 3 is 2.36 bits per heavy atom. The molecular formula is C45H67NO4. The van der Waals surface area contributed by atoms with Gasteiger partial charge in [0, 0.05) is 13.0 Å². The summed E-state index contributed by atoms with van der Waals surface area (Å²) in [5.74, 6) is 3.96. The summed E-state index contributed by atoms with van der Waals surface area (Å²) in [6.07, 6.45) is 23.9. The van der Waals surface area contributed by atoms with Crippen LogP contribution in [0.5, 0.6) is 0 Å². The SMILES string of the molecule is CCCCCCCCCN1C(=O)c2ccc(C(=O)OC3CC[C@@]4(C)C(=CC[C@H]5[C@@H]6CC[C@H]([C@H](C)CCCC(C)C)[C@@]6(C)CC[C@@H]54)C3)cc2C1=O. The van der Waals surface area contributed by atoms with Gasteiger partial charge in [-0.3, -0.25) is 14.5 Å². The van der Waals surface area contributed by atoms with Crippen molar-refractivity contribution in [3.63, 3.8) is 0 Å². The predicted molar refractivity (Wildman–Crippen MR) is 202 cm³/mol. The van der Waals surface area contributed by atoms with Gasteiger partial charge in [0.1, 0.15) is 6.10 Å². The molecule has 8 atom stereocenters. The van der Waals surface area contributed by atoms with Crippen molar-refractivity contribution in [3.8, 4) is 0 Å². The summed E-state index contributed by atoms with van der Waals surface area (Å²) >= 11 is 0. The van der Waals surface area contributed by atoms with E-state index in [0.717, 1.165) is 74.0 Å². The van der Waals surface area contributed by atoms with Crippen molar-refractivity contribution in [3.05, 3.63) is 46.5 Å². The summed E-state index contributed by atoms with van der Waals surface area (Å²) in [5.41, 5.74) is 3.32. The molecule has 0 aromatic heterocycles. The molecule has 1 aromatic carbocycles. The van der Waals surface area contributed by atoms with Gasteiger partial charge in [0.05, 0.1) is 16.7 Å². The summed E-state index contributed by atoms with van der Waals surface area (Å²) in [6, 6.07) is 4.91. The van der Waals surface area contributed by atoms with Crippen LogP contribution in [0.25, 0.3) is 0 Å². The second kappa shape index (κ2) is 15.7. The molecule has 50 heavy (non-hydrogen) atoms. The number of hydrogen-bond donors (Lipinski definition) is 0. The third-order valence-corrected chi connectivity index (χ3v) is 14.7. The van der Waals surface area contributed by atoms with E-state index < -0.39 is 0 Å². The topological polar surface area (TPSA) is 63.7 Å². The largest absolute Gasteiger partial charge is 0.458 e. The van der Waals surface area contributed by atoms with Crippen LogP contribution in [0.1, 0.15) is 188 Å². The van der Waals surface area contributed by atoms with Crippen LogP contribution < -0.4 is 0 Å². The number of ether oxygens (including phenoxy) is 1. The minimum atomic E-state index is -0.380. The molecule has 5 nitrogen and oxygen atoms in total. The summed E-state index contributed by atoms with van der Waals surface area (Å²) in [6.45, 7) is 15.1. The Labute approximate surface area is 303 Å². The molecule has 6 rings (SSSR count). The van der Waals surface area contributed by atoms with Crippen molar-refractivity contribution in [2.24, 2.45) is 46.3 Å². The molecule has 0 bridgehead atoms. The lowest BCUT2D eigenvalue weighted by atomic mass is 9.47. The van der Waals surface area contributed by atoms with Gasteiger partial charge in [-0.2, -0.15) is 0 Å². The van der Waals surface area contributed by atoms with E-state index in [-0.39, 0.29) is 29.3 Å². The Kier molecular flexibility index (Phi) is 11.7. The molecule has 0 radical (unpaired) electrons. The van der Waals surface area contributed by atoms with Crippen LogP contribution in [0, 0.1) is 46.3 Å². The molecule has 1 unspecified atom stereocenters. The first-order chi connectivity index (χ1) is 24.0. The van der Waals surface area contributed by atoms with Gasteiger partial charge in [0.15, 0.2) is 0 Å². The molecule has 0 N–H and O–H groups in total. The lowest BCUT2D eigenvalue weighted by molar-refractivity contribution is -0.0594. The van der Waals surface area contributed by atoms with E-state index in [0.29, 0.717) is 28.7 Å². The number of amides is 2. The number of allylic oxidation sites excluding steroid dienone is 1. The Hall–Kier alpha value is -2.43. The van der Waals surface area contributed by atoms with Crippen LogP contribution in [0.15, 0.2) is 29.8 Å². The van der Waals surface area contributed by atoms with E-state index in [4.69, 9.17) is 4.74 Å². The Morgan fingerprint density at radius 1 is 0.860 bits per heavy atom. The van der Waals surface area contributed by atoms with Crippen molar-refractivity contribution in [2.75, 3.05) is 6.54 Å². The maximum absolute atomic E-state index is 13.5. The molecule has 0 saturated heterocycles. The molecule has 2 amide bonds. The van der Waals surface area contributed by atoms with Gasteiger partial charge in [-0.25, -0.2) is 4.79 Å². The number of benzene rings is 1. The molecule has 3 fully saturated rings. The normalized spacial score (nSPS) is 32.3. The number of fused-ring (bicyclic) bond motifs is 6. The molecule has 5 heteroatoms. The Bertz CT molecular complexity index is 1430. The summed E-state index contributed by atoms with van der Waals surface area (Å²) in [4.78, 5) is 41.1. The number of unbranched alkanes of at least 4 members (excludes halogenated alkanes) is 6. The number of hydrogen-bond acceptors (Lipinski definition) is 4. The van der Waals surface area contributed by atoms with Gasteiger partial charge >= 0.3 is 5.97 Å². The van der Waals surface area contributed by atoms with Crippen molar-refractivity contribution in [1.29, 1.82) is 0 Å². The van der Waals surface area contributed by atoms with Crippen LogP contribution in [0.2, 0.25) is 0 Å². The Morgan fingerprint density at radius 2 is 1.60 bits per heavy atom. The fourth-order valence-corrected chi connectivity index (χ4v) is 11.8. The van der Waals surface area contributed by atoms with Crippen LogP contribution >= 0.6 is 0 Å². The lowest BCUT2D eigenvalue weighted by Gasteiger charge is -2.58. The quantitative estimate of drug-likeness (QED) is 0.0798. The standard InChI is InChI=1S/C45H67NO4/c1-7-8-9-10-11-12-13-27-46-41(47)35-19-17-32(28-37(35)42(46)48)43(49)50-34-23-25-44(5)33(29-34)18-20-36-39-22-21-38(31(4)16-14-15-30(2)3)45(39,6)26-24-40(36)44/h17-19,28,30-31,34,36,38-40H,7-16,20-27,29H2,1-6H3/t31-,34?,36+,38-,39+,40+,44+,45-/m1/s1. The van der Waals surface area contributed by atoms with Gasteiger partial charge in [-0.1, -0.05) is 111 Å². The monoisotopic (exact) mass is 686 g/mol. The zero-order valence-corrected chi connectivity index (χ0v) is 32.4. The molecule has 0 spiro atoms. The first-order valence-electron chi connectivity index (χ1n) is 20.9. The van der Waals surface area contributed by atoms with Crippen molar-refractivity contribution in [2.45, 2.75) is 163 Å². The highest BCUT2D eigenvalue weighted by Crippen LogP contribution is 2.67. The maximum atomic E-state index is 13.5. The summed E-state index contributed by atoms with van der Waals surface area (Å²) < 4.78 is 6.16. The van der Waals surface area contributed by atoms with Crippen LogP contribution in [0.3, 0.4) is 0 Å². The molecule has 1 aromatic rings. The zero-order valence-electron chi connectivity index (χ0n) is 32.4. The number of imide groups is 1. The van der Waals surface area contributed by atoms with Gasteiger partial charge in [-0.05, 0) is 116 Å². The number of nitrogens with zero attached hydrogens (tertiary/aromatic N) is 1. The van der Waals surface area contributed by atoms with Crippen molar-refractivity contribution >= 4 is 17.8 Å². The summed E-state index contributed by atoms with van der Waals surface area (Å²) in [5, 5.41) is 0. The van der Waals surface area contributed by atoms with E-state index in [2.05, 4.69) is 47.6 Å². The third kappa shape index (κ3) is 7.27. The van der Waals surface area contributed by atoms with Crippen LogP contribution in [-0.2, 0) is 4.74 Å². The highest BCUT2D eigenvalue weighted by atomic mass is 16.5. The molecule has 1 heterocycles. The zero-order chi connectivity index (χ0) is 35.6. The maximum Gasteiger partial charge on any atom is 0.338 e. The highest BCUT2D eigenvalue weighted by molar-refractivity contribution is 6.21. The number of rotatable bonds is 15. The number of esters is 1. The van der Waals surface area contributed by atoms with Gasteiger partial charge in [0.25, 0.3) is 11.8 Å². The average Bonchev–Trinajstić information content (AvgIpc) is 3.57. The molecule has 5 aliphatic rings. The Balaban J connectivity index is 1.04. The fourth-order valence-electron chi connectivity index (χ4n) is 11.8. The van der Waals surface area contributed by atoms with E-state index in [9.17, 15) is 14.4 Å². The molecular weight excluding hydrogens is 618 g/mol. The molecule has 276 valence electrons. The minimum absolute atomic E-state index is 0.144. The third-order valence-electron chi connectivity index (χ3n) is 14.7. The van der Waals surface area contributed by atoms with Gasteiger partial charge in [0.2, 0.25) is 0 Å². The second-order valence-electron chi connectivity index (χ2n) is 18.2. The van der Waals surface area contributed by atoms with Gasteiger partial charge < -0.3 is 4.74 Å². The average molecular weight is 686 g/mol. The summed E-state index contributed by atoms with van der Waals surface area (Å²) in [7, 11) is 0. The van der Waals surface area contributed by atoms with Crippen molar-refractivity contribution in [1.82, 2.24) is 4.90 Å². The highest BCUT2D eigenvalue weighted by Gasteiger charge is 2.59. The van der Waals surface area contributed by atoms with E-state index >= 15 is 0 Å². The van der Waals surface area contributed by atoms with Crippen LogP contribution in [-0.4, -0.2) is 35.3 Å². The fraction of sp³-hybridized carbons (Fsp3) is 0.756. The van der Waals surface area contributed by atoms with Crippen LogP contribution in [0.4, 0.5) is 0 Å². The number of carbonyl (C=O) groups is 3. The van der Waals surface area contributed by atoms with E-state index in [1.165, 1.54) is 87.5 Å². The smallest absolute Gasteiger partial charge is 0.338 e. The van der Waals surface area contributed by atoms with Crippen molar-refractivity contribution < 1.29 is 19.1 Å². The van der Waals surface area contributed by atoms with E-state index in [1.807, 2.05) is 0 Å². The molecule has 3 saturated carbocycles. The predicted octanol–water partition coefficient (Wildman–Crippen LogP) is 11.6. The minimum Gasteiger partial charge on any atom is -0.458 e. The number of carbonyl (C=O) groups excluding carboxylic acids is 3. The molecule has 1 aliphatic heterocycles. The van der Waals surface area contributed by atoms with Gasteiger partial charge in [-0.15, -0.1) is 0 Å². The molecule has 4 aliphatic carbocycles. The first-order valence-corrected chi connectivity index (χ1v) is 20.9.